The van der Waals surface area contributed by atoms with E-state index in [-0.39, 0.29) is 13.4 Å². The first-order valence-corrected chi connectivity index (χ1v) is 22.6. The number of hydrogen-bond acceptors (Lipinski definition) is 3. The van der Waals surface area contributed by atoms with E-state index in [1.54, 1.807) is 0 Å². The maximum atomic E-state index is 7.25. The maximum absolute atomic E-state index is 7.25. The van der Waals surface area contributed by atoms with Gasteiger partial charge in [-0.05, 0) is 109 Å². The zero-order valence-electron chi connectivity index (χ0n) is 35.4. The Morgan fingerprint density at radius 3 is 1.38 bits per heavy atom. The molecule has 0 atom stereocenters. The van der Waals surface area contributed by atoms with Gasteiger partial charge in [0, 0.05) is 33.9 Å². The molecule has 0 fully saturated rings. The van der Waals surface area contributed by atoms with E-state index in [1.807, 2.05) is 0 Å². The van der Waals surface area contributed by atoms with E-state index >= 15 is 0 Å². The molecular formula is C60H38B2N2O. The van der Waals surface area contributed by atoms with Crippen LogP contribution in [0.25, 0.3) is 44.5 Å². The summed E-state index contributed by atoms with van der Waals surface area (Å²) in [6, 6.07) is 84.7. The van der Waals surface area contributed by atoms with Crippen molar-refractivity contribution < 1.29 is 4.74 Å². The van der Waals surface area contributed by atoms with Crippen molar-refractivity contribution in [1.29, 1.82) is 0 Å². The molecule has 0 saturated heterocycles. The molecule has 3 nitrogen and oxygen atoms in total. The zero-order valence-corrected chi connectivity index (χ0v) is 35.4. The minimum absolute atomic E-state index is 0.0542. The molecule has 0 N–H and O–H groups in total. The Labute approximate surface area is 379 Å². The molecule has 10 aromatic carbocycles. The molecule has 4 aliphatic heterocycles. The number of para-hydroxylation sites is 3. The summed E-state index contributed by atoms with van der Waals surface area (Å²) in [4.78, 5) is 5.06. The van der Waals surface area contributed by atoms with Crippen LogP contribution in [0.1, 0.15) is 0 Å². The first-order valence-electron chi connectivity index (χ1n) is 22.6. The van der Waals surface area contributed by atoms with Gasteiger partial charge in [-0.3, -0.25) is 0 Å². The van der Waals surface area contributed by atoms with Crippen LogP contribution in [0.3, 0.4) is 0 Å². The standard InChI is InChI=1S/C60H38B2N2O/c1-3-19-39(20-4-1)41-23-10-14-31-51(41)63-53-33-16-13-30-48(53)62-49-38-58-50(61-47-29-12-9-27-45(47)43-25-7-8-26-44(43)46-28-17-36-57(65-58)59(46)61)37-56(49)64(55-35-18-34-54(63)60(55)62)52-32-15-11-24-42(52)40-21-5-2-6-22-40/h1-38H. The van der Waals surface area contributed by atoms with Gasteiger partial charge < -0.3 is 14.5 Å². The van der Waals surface area contributed by atoms with Gasteiger partial charge in [-0.25, -0.2) is 0 Å². The minimum Gasteiger partial charge on any atom is -0.458 e. The van der Waals surface area contributed by atoms with E-state index in [2.05, 4.69) is 240 Å². The lowest BCUT2D eigenvalue weighted by molar-refractivity contribution is 0.488. The van der Waals surface area contributed by atoms with Gasteiger partial charge in [0.15, 0.2) is 0 Å². The summed E-state index contributed by atoms with van der Waals surface area (Å²) in [7, 11) is 0. The van der Waals surface area contributed by atoms with Crippen LogP contribution in [-0.4, -0.2) is 13.4 Å². The van der Waals surface area contributed by atoms with E-state index in [9.17, 15) is 0 Å². The molecule has 0 saturated carbocycles. The van der Waals surface area contributed by atoms with Gasteiger partial charge >= 0.3 is 0 Å². The monoisotopic (exact) mass is 824 g/mol. The molecule has 10 aromatic rings. The zero-order chi connectivity index (χ0) is 42.6. The van der Waals surface area contributed by atoms with Gasteiger partial charge in [0.2, 0.25) is 0 Å². The van der Waals surface area contributed by atoms with Crippen LogP contribution < -0.4 is 47.3 Å². The summed E-state index contributed by atoms with van der Waals surface area (Å²) in [5.74, 6) is 1.83. The molecule has 0 radical (unpaired) electrons. The van der Waals surface area contributed by atoms with Crippen molar-refractivity contribution in [1.82, 2.24) is 0 Å². The van der Waals surface area contributed by atoms with Crippen LogP contribution >= 0.6 is 0 Å². The average molecular weight is 825 g/mol. The predicted octanol–water partition coefficient (Wildman–Crippen LogP) is 11.4. The quantitative estimate of drug-likeness (QED) is 0.164. The first kappa shape index (κ1) is 36.2. The molecule has 0 amide bonds. The maximum Gasteiger partial charge on any atom is 0.252 e. The molecule has 300 valence electrons. The van der Waals surface area contributed by atoms with Crippen molar-refractivity contribution in [2.45, 2.75) is 0 Å². The number of rotatable bonds is 4. The molecule has 14 rings (SSSR count). The molecule has 4 heterocycles. The second-order valence-corrected chi connectivity index (χ2v) is 17.5. The van der Waals surface area contributed by atoms with Crippen LogP contribution in [0.4, 0.5) is 34.1 Å². The Hall–Kier alpha value is -8.27. The van der Waals surface area contributed by atoms with Crippen LogP contribution in [0.5, 0.6) is 11.5 Å². The number of fused-ring (bicyclic) bond motifs is 11. The average Bonchev–Trinajstić information content (AvgIpc) is 3.50. The summed E-state index contributed by atoms with van der Waals surface area (Å²) in [5, 5.41) is 0. The SMILES string of the molecule is c1ccc(-c2ccccc2N2c3ccccc3B3c4cc5c(cc4N(c4ccccc4-c4ccccc4)c4cccc2c43)B2c3ccccc3-c3ccccc3-c3cccc(c32)O5)cc1. The van der Waals surface area contributed by atoms with Gasteiger partial charge in [-0.2, -0.15) is 0 Å². The third-order valence-electron chi connectivity index (χ3n) is 14.2. The number of hydrogen-bond donors (Lipinski definition) is 0. The van der Waals surface area contributed by atoms with E-state index in [0.717, 1.165) is 22.9 Å². The van der Waals surface area contributed by atoms with Crippen molar-refractivity contribution in [2.24, 2.45) is 0 Å². The van der Waals surface area contributed by atoms with Gasteiger partial charge in [-0.1, -0.05) is 187 Å². The van der Waals surface area contributed by atoms with Crippen LogP contribution in [0, 0.1) is 0 Å². The van der Waals surface area contributed by atoms with Gasteiger partial charge in [0.05, 0.1) is 11.4 Å². The first-order chi connectivity index (χ1) is 32.3. The predicted molar refractivity (Wildman–Crippen MR) is 273 cm³/mol. The lowest BCUT2D eigenvalue weighted by Gasteiger charge is -2.45. The van der Waals surface area contributed by atoms with Crippen molar-refractivity contribution in [3.63, 3.8) is 0 Å². The molecule has 0 unspecified atom stereocenters. The number of ether oxygens (including phenoxy) is 1. The molecular weight excluding hydrogens is 786 g/mol. The molecule has 0 bridgehead atoms. The smallest absolute Gasteiger partial charge is 0.252 e. The lowest BCUT2D eigenvalue weighted by Crippen LogP contribution is -2.62. The van der Waals surface area contributed by atoms with E-state index in [1.165, 1.54) is 100 Å². The highest BCUT2D eigenvalue weighted by molar-refractivity contribution is 7.01. The summed E-state index contributed by atoms with van der Waals surface area (Å²) < 4.78 is 7.25. The van der Waals surface area contributed by atoms with E-state index in [0.29, 0.717) is 0 Å². The second-order valence-electron chi connectivity index (χ2n) is 17.5. The normalized spacial score (nSPS) is 13.2. The Kier molecular flexibility index (Phi) is 7.87. The van der Waals surface area contributed by atoms with Crippen molar-refractivity contribution in [2.75, 3.05) is 9.80 Å². The number of nitrogens with zero attached hydrogens (tertiary/aromatic N) is 2. The molecule has 5 heteroatoms. The minimum atomic E-state index is -0.0695. The number of anilines is 6. The Morgan fingerprint density at radius 1 is 0.262 bits per heavy atom. The Bertz CT molecular complexity index is 3570. The van der Waals surface area contributed by atoms with Crippen molar-refractivity contribution in [3.05, 3.63) is 231 Å². The topological polar surface area (TPSA) is 15.7 Å². The second kappa shape index (κ2) is 14.1. The molecule has 0 spiro atoms. The highest BCUT2D eigenvalue weighted by Gasteiger charge is 2.46. The Morgan fingerprint density at radius 2 is 0.723 bits per heavy atom. The van der Waals surface area contributed by atoms with E-state index < -0.39 is 0 Å². The summed E-state index contributed by atoms with van der Waals surface area (Å²) in [5.41, 5.74) is 24.1. The van der Waals surface area contributed by atoms with Crippen molar-refractivity contribution >= 4 is 80.3 Å². The summed E-state index contributed by atoms with van der Waals surface area (Å²) in [6.07, 6.45) is 0. The summed E-state index contributed by atoms with van der Waals surface area (Å²) >= 11 is 0. The van der Waals surface area contributed by atoms with Gasteiger partial charge in [0.25, 0.3) is 13.4 Å². The molecule has 0 aromatic heterocycles. The third-order valence-corrected chi connectivity index (χ3v) is 14.2. The van der Waals surface area contributed by atoms with Crippen LogP contribution in [-0.2, 0) is 0 Å². The number of benzene rings is 10. The fraction of sp³-hybridized carbons (Fsp3) is 0. The van der Waals surface area contributed by atoms with E-state index in [4.69, 9.17) is 4.74 Å². The molecule has 0 aliphatic carbocycles. The third kappa shape index (κ3) is 5.27. The lowest BCUT2D eigenvalue weighted by atomic mass is 9.31. The fourth-order valence-corrected chi connectivity index (χ4v) is 11.5. The molecule has 65 heavy (non-hydrogen) atoms. The molecule has 4 aliphatic rings. The van der Waals surface area contributed by atoms with Crippen LogP contribution in [0.2, 0.25) is 0 Å². The van der Waals surface area contributed by atoms with Crippen LogP contribution in [0.15, 0.2) is 231 Å². The van der Waals surface area contributed by atoms with Gasteiger partial charge in [-0.15, -0.1) is 0 Å². The summed E-state index contributed by atoms with van der Waals surface area (Å²) in [6.45, 7) is -0.124. The highest BCUT2D eigenvalue weighted by atomic mass is 16.5. The Balaban J connectivity index is 1.07. The fourth-order valence-electron chi connectivity index (χ4n) is 11.5. The van der Waals surface area contributed by atoms with Gasteiger partial charge in [0.1, 0.15) is 11.5 Å². The van der Waals surface area contributed by atoms with Crippen molar-refractivity contribution in [3.8, 4) is 56.0 Å². The largest absolute Gasteiger partial charge is 0.458 e. The highest BCUT2D eigenvalue weighted by Crippen LogP contribution is 2.48.